The number of carbonyl (C=O) groups excluding carboxylic acids is 3. The SMILES string of the molecule is CC(C)C(=O)Oc1cc(OC(=O)C(C)C)c(C(=O)O)c(OC(=O)C(C)C)c1.O=C(O)c1c(O)cc(O)cc1O. The van der Waals surface area contributed by atoms with Crippen LogP contribution in [-0.2, 0) is 14.4 Å². The van der Waals surface area contributed by atoms with E-state index in [1.165, 1.54) is 0 Å². The Morgan fingerprint density at radius 2 is 0.897 bits per heavy atom. The van der Waals surface area contributed by atoms with Crippen molar-refractivity contribution in [3.05, 3.63) is 35.4 Å². The van der Waals surface area contributed by atoms with Crippen molar-refractivity contribution in [3.63, 3.8) is 0 Å². The van der Waals surface area contributed by atoms with Crippen LogP contribution in [0.15, 0.2) is 24.3 Å². The van der Waals surface area contributed by atoms with E-state index in [0.29, 0.717) is 0 Å². The van der Waals surface area contributed by atoms with Crippen LogP contribution in [0.2, 0.25) is 0 Å². The highest BCUT2D eigenvalue weighted by Gasteiger charge is 2.26. The summed E-state index contributed by atoms with van der Waals surface area (Å²) < 4.78 is 15.4. The van der Waals surface area contributed by atoms with Crippen molar-refractivity contribution in [1.29, 1.82) is 0 Å². The molecule has 0 aliphatic carbocycles. The third-order valence-electron chi connectivity index (χ3n) is 4.60. The van der Waals surface area contributed by atoms with Gasteiger partial charge in [0.15, 0.2) is 11.5 Å². The zero-order valence-electron chi connectivity index (χ0n) is 22.0. The van der Waals surface area contributed by atoms with Gasteiger partial charge in [-0.2, -0.15) is 0 Å². The minimum absolute atomic E-state index is 0.100. The minimum atomic E-state index is -1.46. The van der Waals surface area contributed by atoms with E-state index in [0.717, 1.165) is 24.3 Å². The fourth-order valence-electron chi connectivity index (χ4n) is 2.50. The van der Waals surface area contributed by atoms with Crippen LogP contribution in [0.1, 0.15) is 62.3 Å². The van der Waals surface area contributed by atoms with E-state index in [-0.39, 0.29) is 17.2 Å². The van der Waals surface area contributed by atoms with Crippen molar-refractivity contribution >= 4 is 29.8 Å². The van der Waals surface area contributed by atoms with E-state index in [1.54, 1.807) is 41.5 Å². The van der Waals surface area contributed by atoms with Crippen LogP contribution in [0.25, 0.3) is 0 Å². The van der Waals surface area contributed by atoms with Crippen molar-refractivity contribution in [2.24, 2.45) is 17.8 Å². The van der Waals surface area contributed by atoms with Crippen LogP contribution in [-0.4, -0.2) is 55.4 Å². The molecule has 0 aromatic heterocycles. The Balaban J connectivity index is 0.000000525. The Kier molecular flexibility index (Phi) is 11.3. The number of carboxylic acid groups (broad SMARTS) is 2. The Labute approximate surface area is 223 Å². The molecule has 0 saturated carbocycles. The number of hydrogen-bond acceptors (Lipinski definition) is 11. The molecule has 13 nitrogen and oxygen atoms in total. The minimum Gasteiger partial charge on any atom is -0.508 e. The Hall–Kier alpha value is -4.81. The van der Waals surface area contributed by atoms with Gasteiger partial charge in [0.25, 0.3) is 0 Å². The number of rotatable bonds is 8. The van der Waals surface area contributed by atoms with Crippen molar-refractivity contribution in [1.82, 2.24) is 0 Å². The molecule has 5 N–H and O–H groups in total. The Bertz CT molecular complexity index is 1190. The molecule has 0 saturated heterocycles. The number of carboxylic acids is 2. The summed E-state index contributed by atoms with van der Waals surface area (Å²) in [5.41, 5.74) is -1.13. The van der Waals surface area contributed by atoms with Gasteiger partial charge in [-0.3, -0.25) is 14.4 Å². The van der Waals surface area contributed by atoms with Gasteiger partial charge in [-0.15, -0.1) is 0 Å². The molecule has 0 aliphatic rings. The van der Waals surface area contributed by atoms with Gasteiger partial charge < -0.3 is 39.7 Å². The quantitative estimate of drug-likeness (QED) is 0.235. The van der Waals surface area contributed by atoms with Crippen LogP contribution < -0.4 is 14.2 Å². The predicted octanol–water partition coefficient (Wildman–Crippen LogP) is 3.57. The average molecular weight is 551 g/mol. The molecule has 0 amide bonds. The van der Waals surface area contributed by atoms with Gasteiger partial charge in [-0.05, 0) is 0 Å². The van der Waals surface area contributed by atoms with Gasteiger partial charge in [0.1, 0.15) is 34.1 Å². The molecule has 0 aliphatic heterocycles. The number of hydrogen-bond donors (Lipinski definition) is 5. The number of benzene rings is 2. The number of aromatic hydroxyl groups is 3. The Morgan fingerprint density at radius 3 is 1.21 bits per heavy atom. The molecule has 0 fully saturated rings. The van der Waals surface area contributed by atoms with Crippen molar-refractivity contribution in [2.75, 3.05) is 0 Å². The third-order valence-corrected chi connectivity index (χ3v) is 4.60. The number of phenols is 3. The molecule has 0 unspecified atom stereocenters. The van der Waals surface area contributed by atoms with E-state index in [4.69, 9.17) is 34.6 Å². The van der Waals surface area contributed by atoms with Crippen LogP contribution in [0.4, 0.5) is 0 Å². The smallest absolute Gasteiger partial charge is 0.343 e. The van der Waals surface area contributed by atoms with Crippen molar-refractivity contribution in [3.8, 4) is 34.5 Å². The topological polar surface area (TPSA) is 214 Å². The summed E-state index contributed by atoms with van der Waals surface area (Å²) in [5, 5.41) is 44.6. The van der Waals surface area contributed by atoms with Gasteiger partial charge in [-0.1, -0.05) is 41.5 Å². The van der Waals surface area contributed by atoms with Crippen LogP contribution in [0.3, 0.4) is 0 Å². The Morgan fingerprint density at radius 1 is 0.564 bits per heavy atom. The molecule has 0 atom stereocenters. The monoisotopic (exact) mass is 550 g/mol. The number of carbonyl (C=O) groups is 5. The molecular formula is C26H30O13. The number of aromatic carboxylic acids is 2. The first-order chi connectivity index (χ1) is 18.0. The van der Waals surface area contributed by atoms with Gasteiger partial charge in [0, 0.05) is 24.3 Å². The van der Waals surface area contributed by atoms with Crippen LogP contribution >= 0.6 is 0 Å². The van der Waals surface area contributed by atoms with E-state index >= 15 is 0 Å². The summed E-state index contributed by atoms with van der Waals surface area (Å²) in [5.74, 6) is -8.97. The summed E-state index contributed by atoms with van der Waals surface area (Å²) in [6.07, 6.45) is 0. The van der Waals surface area contributed by atoms with Gasteiger partial charge >= 0.3 is 29.8 Å². The predicted molar refractivity (Wildman–Crippen MR) is 133 cm³/mol. The molecule has 13 heteroatoms. The maximum Gasteiger partial charge on any atom is 0.343 e. The molecule has 0 radical (unpaired) electrons. The second kappa shape index (κ2) is 13.7. The molecule has 2 aromatic carbocycles. The molecule has 0 heterocycles. The summed E-state index contributed by atoms with van der Waals surface area (Å²) in [7, 11) is 0. The zero-order valence-corrected chi connectivity index (χ0v) is 22.0. The number of esters is 3. The molecule has 212 valence electrons. The lowest BCUT2D eigenvalue weighted by Crippen LogP contribution is -2.20. The maximum absolute atomic E-state index is 11.9. The largest absolute Gasteiger partial charge is 0.508 e. The summed E-state index contributed by atoms with van der Waals surface area (Å²) >= 11 is 0. The number of ether oxygens (including phenoxy) is 3. The van der Waals surface area contributed by atoms with Crippen LogP contribution in [0, 0.1) is 17.8 Å². The van der Waals surface area contributed by atoms with E-state index in [1.807, 2.05) is 0 Å². The van der Waals surface area contributed by atoms with E-state index in [2.05, 4.69) is 0 Å². The van der Waals surface area contributed by atoms with Gasteiger partial charge in [-0.25, -0.2) is 9.59 Å². The molecule has 0 spiro atoms. The fourth-order valence-corrected chi connectivity index (χ4v) is 2.50. The molecule has 0 bridgehead atoms. The highest BCUT2D eigenvalue weighted by molar-refractivity contribution is 5.97. The molecule has 39 heavy (non-hydrogen) atoms. The fraction of sp³-hybridized carbons (Fsp3) is 0.346. The second-order valence-electron chi connectivity index (χ2n) is 8.99. The summed E-state index contributed by atoms with van der Waals surface area (Å²) in [6, 6.07) is 3.89. The number of phenolic OH excluding ortho intramolecular Hbond substituents is 1. The lowest BCUT2D eigenvalue weighted by Gasteiger charge is -2.16. The summed E-state index contributed by atoms with van der Waals surface area (Å²) in [4.78, 5) is 57.8. The lowest BCUT2D eigenvalue weighted by molar-refractivity contribution is -0.138. The third kappa shape index (κ3) is 9.22. The van der Waals surface area contributed by atoms with E-state index in [9.17, 15) is 29.1 Å². The van der Waals surface area contributed by atoms with Crippen molar-refractivity contribution < 1.29 is 63.7 Å². The second-order valence-corrected chi connectivity index (χ2v) is 8.99. The molecular weight excluding hydrogens is 520 g/mol. The normalized spacial score (nSPS) is 10.5. The zero-order chi connectivity index (χ0) is 30.2. The first-order valence-electron chi connectivity index (χ1n) is 11.5. The highest BCUT2D eigenvalue weighted by atomic mass is 16.6. The standard InChI is InChI=1S/C19H24O8.C7H6O5/c1-9(2)17(22)25-12-7-13(26-18(23)10(3)4)15(16(20)21)14(8-12)27-19(24)11(5)6;8-3-1-4(9)6(7(11)12)5(10)2-3/h7-11H,1-6H3,(H,20,21);1-2,8-10H,(H,11,12). The average Bonchev–Trinajstić information content (AvgIpc) is 2.77. The van der Waals surface area contributed by atoms with Crippen LogP contribution in [0.5, 0.6) is 34.5 Å². The maximum atomic E-state index is 11.9. The summed E-state index contributed by atoms with van der Waals surface area (Å²) in [6.45, 7) is 9.53. The first kappa shape index (κ1) is 32.2. The van der Waals surface area contributed by atoms with Gasteiger partial charge in [0.05, 0.1) is 17.8 Å². The van der Waals surface area contributed by atoms with E-state index < -0.39 is 76.0 Å². The lowest BCUT2D eigenvalue weighted by atomic mass is 10.1. The van der Waals surface area contributed by atoms with Crippen molar-refractivity contribution in [2.45, 2.75) is 41.5 Å². The molecule has 2 rings (SSSR count). The highest BCUT2D eigenvalue weighted by Crippen LogP contribution is 2.36. The van der Waals surface area contributed by atoms with Gasteiger partial charge in [0.2, 0.25) is 0 Å². The molecule has 2 aromatic rings. The first-order valence-corrected chi connectivity index (χ1v) is 11.5.